The van der Waals surface area contributed by atoms with Gasteiger partial charge < -0.3 is 0 Å². The van der Waals surface area contributed by atoms with Crippen molar-refractivity contribution in [1.82, 2.24) is 4.67 Å². The normalized spacial score (nSPS) is 10.0. The van der Waals surface area contributed by atoms with Crippen LogP contribution in [0.1, 0.15) is 0 Å². The van der Waals surface area contributed by atoms with E-state index in [1.54, 1.807) is 0 Å². The quantitative estimate of drug-likeness (QED) is 0.528. The van der Waals surface area contributed by atoms with Crippen LogP contribution in [0.3, 0.4) is 0 Å². The lowest BCUT2D eigenvalue weighted by Crippen LogP contribution is -1.99. The van der Waals surface area contributed by atoms with Gasteiger partial charge in [0.1, 0.15) is 0 Å². The first kappa shape index (κ1) is 7.87. The summed E-state index contributed by atoms with van der Waals surface area (Å²) in [4.78, 5) is 0. The maximum absolute atomic E-state index is 3.67. The van der Waals surface area contributed by atoms with Gasteiger partial charge in [-0.15, -0.1) is 0 Å². The molecule has 0 bridgehead atoms. The molecule has 0 heterocycles. The SMILES string of the molecule is C=CP(C=C)N(C)C. The van der Waals surface area contributed by atoms with E-state index >= 15 is 0 Å². The first-order chi connectivity index (χ1) is 3.72. The van der Waals surface area contributed by atoms with Crippen LogP contribution in [0.5, 0.6) is 0 Å². The topological polar surface area (TPSA) is 3.24 Å². The minimum absolute atomic E-state index is 0.254. The minimum atomic E-state index is -0.254. The largest absolute Gasteiger partial charge is 0.282 e. The molecule has 0 aliphatic rings. The van der Waals surface area contributed by atoms with Crippen LogP contribution in [0.25, 0.3) is 0 Å². The summed E-state index contributed by atoms with van der Waals surface area (Å²) in [5, 5.41) is 0. The molecule has 0 saturated heterocycles. The molecule has 0 N–H and O–H groups in total. The van der Waals surface area contributed by atoms with E-state index in [2.05, 4.69) is 17.8 Å². The van der Waals surface area contributed by atoms with E-state index in [0.29, 0.717) is 0 Å². The molecule has 0 fully saturated rings. The van der Waals surface area contributed by atoms with Crippen LogP contribution >= 0.6 is 8.07 Å². The van der Waals surface area contributed by atoms with Gasteiger partial charge in [0.2, 0.25) is 0 Å². The summed E-state index contributed by atoms with van der Waals surface area (Å²) in [6.45, 7) is 7.34. The van der Waals surface area contributed by atoms with Crippen molar-refractivity contribution >= 4 is 8.07 Å². The Morgan fingerprint density at radius 3 is 1.62 bits per heavy atom. The summed E-state index contributed by atoms with van der Waals surface area (Å²) >= 11 is 0. The zero-order valence-corrected chi connectivity index (χ0v) is 6.36. The molecule has 0 aromatic carbocycles. The Kier molecular flexibility index (Phi) is 3.76. The molecular formula is C6H12NP. The van der Waals surface area contributed by atoms with Crippen LogP contribution in [0.2, 0.25) is 0 Å². The average molecular weight is 129 g/mol. The van der Waals surface area contributed by atoms with Gasteiger partial charge in [-0.1, -0.05) is 13.2 Å². The molecule has 1 nitrogen and oxygen atoms in total. The van der Waals surface area contributed by atoms with Crippen molar-refractivity contribution < 1.29 is 0 Å². The third-order valence-corrected chi connectivity index (χ3v) is 2.51. The van der Waals surface area contributed by atoms with Gasteiger partial charge in [0.05, 0.1) is 0 Å². The maximum atomic E-state index is 3.67. The second-order valence-corrected chi connectivity index (χ2v) is 3.88. The lowest BCUT2D eigenvalue weighted by atomic mass is 11.2. The lowest BCUT2D eigenvalue weighted by molar-refractivity contribution is 0.688. The van der Waals surface area contributed by atoms with Gasteiger partial charge in [-0.3, -0.25) is 4.67 Å². The Balaban J connectivity index is 3.68. The number of hydrogen-bond donors (Lipinski definition) is 0. The third kappa shape index (κ3) is 2.25. The fourth-order valence-corrected chi connectivity index (χ4v) is 1.20. The van der Waals surface area contributed by atoms with E-state index in [4.69, 9.17) is 0 Å². The molecule has 8 heavy (non-hydrogen) atoms. The highest BCUT2D eigenvalue weighted by Crippen LogP contribution is 2.38. The molecule has 0 spiro atoms. The average Bonchev–Trinajstić information content (AvgIpc) is 1.69. The van der Waals surface area contributed by atoms with Crippen molar-refractivity contribution in [3.63, 3.8) is 0 Å². The van der Waals surface area contributed by atoms with Gasteiger partial charge in [0, 0.05) is 8.07 Å². The second-order valence-electron chi connectivity index (χ2n) is 1.59. The summed E-state index contributed by atoms with van der Waals surface area (Å²) in [6.07, 6.45) is 0. The molecule has 0 aromatic rings. The van der Waals surface area contributed by atoms with E-state index < -0.39 is 0 Å². The van der Waals surface area contributed by atoms with Gasteiger partial charge in [0.25, 0.3) is 0 Å². The predicted molar refractivity (Wildman–Crippen MR) is 41.0 cm³/mol. The number of nitrogens with zero attached hydrogens (tertiary/aromatic N) is 1. The molecule has 0 rings (SSSR count). The monoisotopic (exact) mass is 129 g/mol. The van der Waals surface area contributed by atoms with Crippen molar-refractivity contribution in [2.75, 3.05) is 14.1 Å². The fourth-order valence-electron chi connectivity index (χ4n) is 0.401. The zero-order chi connectivity index (χ0) is 6.57. The van der Waals surface area contributed by atoms with Gasteiger partial charge in [-0.05, 0) is 25.7 Å². The van der Waals surface area contributed by atoms with Crippen LogP contribution in [0, 0.1) is 0 Å². The minimum Gasteiger partial charge on any atom is -0.282 e. The van der Waals surface area contributed by atoms with Gasteiger partial charge in [-0.2, -0.15) is 0 Å². The van der Waals surface area contributed by atoms with Gasteiger partial charge >= 0.3 is 0 Å². The Morgan fingerprint density at radius 1 is 1.25 bits per heavy atom. The summed E-state index contributed by atoms with van der Waals surface area (Å²) < 4.78 is 2.11. The van der Waals surface area contributed by atoms with Gasteiger partial charge in [0.15, 0.2) is 0 Å². The standard InChI is InChI=1S/C6H12NP/c1-5-8(6-2)7(3)4/h5-6H,1-2H2,3-4H3. The Bertz CT molecular complexity index is 80.5. The highest BCUT2D eigenvalue weighted by molar-refractivity contribution is 7.61. The summed E-state index contributed by atoms with van der Waals surface area (Å²) in [5.41, 5.74) is 0. The molecule has 0 saturated carbocycles. The Hall–Kier alpha value is -0.130. The Labute approximate surface area is 52.5 Å². The van der Waals surface area contributed by atoms with Crippen molar-refractivity contribution in [3.05, 3.63) is 24.8 Å². The van der Waals surface area contributed by atoms with Crippen molar-refractivity contribution in [2.24, 2.45) is 0 Å². The fraction of sp³-hybridized carbons (Fsp3) is 0.333. The summed E-state index contributed by atoms with van der Waals surface area (Å²) in [5.74, 6) is 3.84. The van der Waals surface area contributed by atoms with Crippen LogP contribution in [0.4, 0.5) is 0 Å². The summed E-state index contributed by atoms with van der Waals surface area (Å²) in [7, 11) is 3.79. The highest BCUT2D eigenvalue weighted by atomic mass is 31.1. The van der Waals surface area contributed by atoms with Crippen molar-refractivity contribution in [2.45, 2.75) is 0 Å². The molecule has 0 aromatic heterocycles. The van der Waals surface area contributed by atoms with E-state index in [1.165, 1.54) is 0 Å². The van der Waals surface area contributed by atoms with Gasteiger partial charge in [-0.25, -0.2) is 0 Å². The van der Waals surface area contributed by atoms with E-state index in [9.17, 15) is 0 Å². The molecule has 0 aliphatic heterocycles. The van der Waals surface area contributed by atoms with Crippen LogP contribution in [-0.2, 0) is 0 Å². The van der Waals surface area contributed by atoms with E-state index in [-0.39, 0.29) is 8.07 Å². The maximum Gasteiger partial charge on any atom is 0.0112 e. The molecule has 2 heteroatoms. The first-order valence-corrected chi connectivity index (χ1v) is 3.86. The van der Waals surface area contributed by atoms with Crippen molar-refractivity contribution in [3.8, 4) is 0 Å². The highest BCUT2D eigenvalue weighted by Gasteiger charge is 1.96. The Morgan fingerprint density at radius 2 is 1.62 bits per heavy atom. The summed E-state index contributed by atoms with van der Waals surface area (Å²) in [6, 6.07) is 0. The first-order valence-electron chi connectivity index (χ1n) is 2.43. The van der Waals surface area contributed by atoms with Crippen molar-refractivity contribution in [1.29, 1.82) is 0 Å². The van der Waals surface area contributed by atoms with Crippen LogP contribution in [-0.4, -0.2) is 18.8 Å². The lowest BCUT2D eigenvalue weighted by Gasteiger charge is -2.14. The predicted octanol–water partition coefficient (Wildman–Crippen LogP) is 2.23. The van der Waals surface area contributed by atoms with E-state index in [0.717, 1.165) is 0 Å². The molecule has 0 unspecified atom stereocenters. The van der Waals surface area contributed by atoms with Crippen LogP contribution in [0.15, 0.2) is 24.8 Å². The molecule has 0 aliphatic carbocycles. The van der Waals surface area contributed by atoms with E-state index in [1.807, 2.05) is 25.7 Å². The smallest absolute Gasteiger partial charge is 0.0112 e. The number of rotatable bonds is 3. The zero-order valence-electron chi connectivity index (χ0n) is 5.46. The third-order valence-electron chi connectivity index (χ3n) is 0.836. The van der Waals surface area contributed by atoms with Crippen LogP contribution < -0.4 is 0 Å². The number of hydrogen-bond acceptors (Lipinski definition) is 1. The molecule has 0 atom stereocenters. The second kappa shape index (κ2) is 3.82. The molecule has 0 radical (unpaired) electrons. The molecule has 0 amide bonds. The molecular weight excluding hydrogens is 117 g/mol. The molecule has 46 valence electrons.